The number of aromatic nitrogens is 3. The van der Waals surface area contributed by atoms with Gasteiger partial charge in [-0.05, 0) is 19.4 Å². The second-order valence-corrected chi connectivity index (χ2v) is 7.49. The standard InChI is InChI=1S/C18H19N3O2S/c1-4-6-21-10-19-14-12-7-11-9-23-18(3,5-2)8-13(11)20-16(12)24-15(14)17(21)22/h4,7,10H,1,5-6,8-9H2,2-3H3/t18-/m1/s1. The third-order valence-electron chi connectivity index (χ3n) is 4.80. The number of fused-ring (bicyclic) bond motifs is 4. The van der Waals surface area contributed by atoms with Crippen LogP contribution in [0.25, 0.3) is 20.4 Å². The minimum atomic E-state index is -0.153. The maximum atomic E-state index is 12.6. The van der Waals surface area contributed by atoms with E-state index < -0.39 is 0 Å². The van der Waals surface area contributed by atoms with Crippen LogP contribution in [0.3, 0.4) is 0 Å². The molecule has 4 rings (SSSR count). The number of rotatable bonds is 3. The van der Waals surface area contributed by atoms with E-state index in [-0.39, 0.29) is 11.2 Å². The van der Waals surface area contributed by atoms with Crippen molar-refractivity contribution in [1.29, 1.82) is 0 Å². The summed E-state index contributed by atoms with van der Waals surface area (Å²) in [5.41, 5.74) is 2.73. The summed E-state index contributed by atoms with van der Waals surface area (Å²) in [6.45, 7) is 8.97. The van der Waals surface area contributed by atoms with Gasteiger partial charge in [0.1, 0.15) is 9.53 Å². The van der Waals surface area contributed by atoms with Crippen LogP contribution in [0.4, 0.5) is 0 Å². The molecule has 0 amide bonds. The van der Waals surface area contributed by atoms with E-state index in [4.69, 9.17) is 9.72 Å². The van der Waals surface area contributed by atoms with Crippen LogP contribution < -0.4 is 5.56 Å². The summed E-state index contributed by atoms with van der Waals surface area (Å²) in [5.74, 6) is 0. The molecule has 0 aromatic carbocycles. The minimum Gasteiger partial charge on any atom is -0.370 e. The minimum absolute atomic E-state index is 0.0319. The topological polar surface area (TPSA) is 57.0 Å². The molecule has 3 aromatic heterocycles. The highest BCUT2D eigenvalue weighted by Crippen LogP contribution is 2.35. The van der Waals surface area contributed by atoms with Crippen LogP contribution in [0.5, 0.6) is 0 Å². The molecule has 0 radical (unpaired) electrons. The van der Waals surface area contributed by atoms with E-state index in [1.54, 1.807) is 17.0 Å². The van der Waals surface area contributed by atoms with E-state index in [9.17, 15) is 4.79 Å². The third kappa shape index (κ3) is 2.29. The smallest absolute Gasteiger partial charge is 0.271 e. The zero-order chi connectivity index (χ0) is 16.9. The third-order valence-corrected chi connectivity index (χ3v) is 5.87. The second-order valence-electron chi connectivity index (χ2n) is 6.49. The van der Waals surface area contributed by atoms with Gasteiger partial charge in [0.25, 0.3) is 5.56 Å². The Hall–Kier alpha value is -2.05. The first kappa shape index (κ1) is 15.5. The first-order chi connectivity index (χ1) is 11.5. The predicted molar refractivity (Wildman–Crippen MR) is 96.6 cm³/mol. The monoisotopic (exact) mass is 341 g/mol. The molecule has 1 atom stereocenters. The van der Waals surface area contributed by atoms with Crippen molar-refractivity contribution in [3.05, 3.63) is 46.7 Å². The maximum Gasteiger partial charge on any atom is 0.271 e. The van der Waals surface area contributed by atoms with Gasteiger partial charge in [-0.1, -0.05) is 13.0 Å². The van der Waals surface area contributed by atoms with Crippen molar-refractivity contribution in [2.75, 3.05) is 0 Å². The van der Waals surface area contributed by atoms with Crippen LogP contribution in [-0.4, -0.2) is 20.1 Å². The van der Waals surface area contributed by atoms with Gasteiger partial charge in [0.2, 0.25) is 0 Å². The maximum absolute atomic E-state index is 12.6. The lowest BCUT2D eigenvalue weighted by molar-refractivity contribution is -0.0573. The number of ether oxygens (including phenoxy) is 1. The summed E-state index contributed by atoms with van der Waals surface area (Å²) < 4.78 is 8.25. The SMILES string of the molecule is C=CCn1cnc2c(sc3nc4c(cc32)CO[C@](C)(CC)C4)c1=O. The summed E-state index contributed by atoms with van der Waals surface area (Å²) in [6, 6.07) is 2.09. The zero-order valence-electron chi connectivity index (χ0n) is 13.8. The van der Waals surface area contributed by atoms with Gasteiger partial charge < -0.3 is 4.74 Å². The molecule has 0 N–H and O–H groups in total. The first-order valence-corrected chi connectivity index (χ1v) is 8.91. The molecule has 5 nitrogen and oxygen atoms in total. The second kappa shape index (κ2) is 5.50. The lowest BCUT2D eigenvalue weighted by atomic mass is 9.91. The molecule has 1 aliphatic rings. The van der Waals surface area contributed by atoms with E-state index >= 15 is 0 Å². The molecule has 0 fully saturated rings. The van der Waals surface area contributed by atoms with Crippen LogP contribution in [0.15, 0.2) is 29.8 Å². The van der Waals surface area contributed by atoms with Crippen LogP contribution in [0.1, 0.15) is 31.5 Å². The zero-order valence-corrected chi connectivity index (χ0v) is 14.7. The molecular formula is C18H19N3O2S. The van der Waals surface area contributed by atoms with Crippen molar-refractivity contribution in [2.24, 2.45) is 0 Å². The molecule has 3 aromatic rings. The Morgan fingerprint density at radius 1 is 1.54 bits per heavy atom. The average molecular weight is 341 g/mol. The van der Waals surface area contributed by atoms with Gasteiger partial charge in [0, 0.05) is 23.9 Å². The number of nitrogens with zero attached hydrogens (tertiary/aromatic N) is 3. The quantitative estimate of drug-likeness (QED) is 0.685. The Morgan fingerprint density at radius 3 is 3.12 bits per heavy atom. The largest absolute Gasteiger partial charge is 0.370 e. The Morgan fingerprint density at radius 2 is 2.38 bits per heavy atom. The predicted octanol–water partition coefficient (Wildman–Crippen LogP) is 3.43. The van der Waals surface area contributed by atoms with Gasteiger partial charge in [-0.15, -0.1) is 17.9 Å². The highest BCUT2D eigenvalue weighted by molar-refractivity contribution is 7.25. The molecule has 124 valence electrons. The van der Waals surface area contributed by atoms with Crippen molar-refractivity contribution < 1.29 is 4.74 Å². The molecule has 0 saturated carbocycles. The molecular weight excluding hydrogens is 322 g/mol. The van der Waals surface area contributed by atoms with Gasteiger partial charge in [0.15, 0.2) is 0 Å². The van der Waals surface area contributed by atoms with Gasteiger partial charge in [-0.2, -0.15) is 0 Å². The molecule has 4 heterocycles. The van der Waals surface area contributed by atoms with Crippen LogP contribution >= 0.6 is 11.3 Å². The normalized spacial score (nSPS) is 20.4. The van der Waals surface area contributed by atoms with Gasteiger partial charge >= 0.3 is 0 Å². The van der Waals surface area contributed by atoms with E-state index in [0.29, 0.717) is 17.9 Å². The summed E-state index contributed by atoms with van der Waals surface area (Å²) in [5, 5.41) is 0.945. The number of hydrogen-bond donors (Lipinski definition) is 0. The number of hydrogen-bond acceptors (Lipinski definition) is 5. The summed E-state index contributed by atoms with van der Waals surface area (Å²) in [7, 11) is 0. The van der Waals surface area contributed by atoms with Gasteiger partial charge in [-0.25, -0.2) is 9.97 Å². The molecule has 0 unspecified atom stereocenters. The van der Waals surface area contributed by atoms with Crippen molar-refractivity contribution in [2.45, 2.75) is 45.4 Å². The van der Waals surface area contributed by atoms with Crippen molar-refractivity contribution in [3.63, 3.8) is 0 Å². The van der Waals surface area contributed by atoms with Crippen molar-refractivity contribution >= 4 is 31.8 Å². The summed E-state index contributed by atoms with van der Waals surface area (Å²) in [4.78, 5) is 22.8. The van der Waals surface area contributed by atoms with E-state index in [2.05, 4.69) is 31.5 Å². The van der Waals surface area contributed by atoms with Gasteiger partial charge in [-0.3, -0.25) is 9.36 Å². The fourth-order valence-corrected chi connectivity index (χ4v) is 4.18. The van der Waals surface area contributed by atoms with E-state index in [0.717, 1.165) is 39.8 Å². The lowest BCUT2D eigenvalue weighted by Crippen LogP contribution is -2.35. The highest BCUT2D eigenvalue weighted by Gasteiger charge is 2.30. The van der Waals surface area contributed by atoms with Crippen LogP contribution in [0.2, 0.25) is 0 Å². The molecule has 0 saturated heterocycles. The van der Waals surface area contributed by atoms with Crippen molar-refractivity contribution in [3.8, 4) is 0 Å². The Labute approximate surface area is 143 Å². The lowest BCUT2D eigenvalue weighted by Gasteiger charge is -2.33. The molecule has 1 aliphatic heterocycles. The fraction of sp³-hybridized carbons (Fsp3) is 0.389. The Balaban J connectivity index is 1.93. The highest BCUT2D eigenvalue weighted by atomic mass is 32.1. The summed E-state index contributed by atoms with van der Waals surface area (Å²) >= 11 is 1.43. The van der Waals surface area contributed by atoms with Crippen molar-refractivity contribution in [1.82, 2.24) is 14.5 Å². The molecule has 6 heteroatoms. The first-order valence-electron chi connectivity index (χ1n) is 8.10. The molecule has 0 aliphatic carbocycles. The van der Waals surface area contributed by atoms with Gasteiger partial charge in [0.05, 0.1) is 29.7 Å². The molecule has 0 spiro atoms. The van der Waals surface area contributed by atoms with Crippen LogP contribution in [0, 0.1) is 0 Å². The van der Waals surface area contributed by atoms with Crippen LogP contribution in [-0.2, 0) is 24.3 Å². The number of thiophene rings is 1. The molecule has 24 heavy (non-hydrogen) atoms. The Bertz CT molecular complexity index is 1020. The fourth-order valence-electron chi connectivity index (χ4n) is 3.10. The average Bonchev–Trinajstić information content (AvgIpc) is 2.94. The Kier molecular flexibility index (Phi) is 3.54. The summed E-state index contributed by atoms with van der Waals surface area (Å²) in [6.07, 6.45) is 5.04. The number of allylic oxidation sites excluding steroid dienone is 1. The number of pyridine rings is 1. The van der Waals surface area contributed by atoms with E-state index in [1.165, 1.54) is 11.3 Å². The van der Waals surface area contributed by atoms with E-state index in [1.807, 2.05) is 0 Å². The molecule has 0 bridgehead atoms.